The number of benzene rings is 1. The molecule has 0 bridgehead atoms. The van der Waals surface area contributed by atoms with Crippen LogP contribution in [0.2, 0.25) is 0 Å². The lowest BCUT2D eigenvalue weighted by Crippen LogP contribution is -1.97. The molecule has 0 atom stereocenters. The molecule has 0 radical (unpaired) electrons. The summed E-state index contributed by atoms with van der Waals surface area (Å²) in [4.78, 5) is 7.20. The van der Waals surface area contributed by atoms with Crippen LogP contribution < -0.4 is 4.74 Å². The van der Waals surface area contributed by atoms with Crippen LogP contribution >= 0.6 is 11.6 Å². The summed E-state index contributed by atoms with van der Waals surface area (Å²) in [6, 6.07) is 4.86. The number of aryl methyl sites for hydroxylation is 1. The van der Waals surface area contributed by atoms with Crippen molar-refractivity contribution in [2.75, 3.05) is 7.11 Å². The van der Waals surface area contributed by atoms with Gasteiger partial charge in [0.25, 0.3) is 0 Å². The summed E-state index contributed by atoms with van der Waals surface area (Å²) in [5.74, 6) is 0.652. The Morgan fingerprint density at radius 1 is 1.36 bits per heavy atom. The number of fused-ring (bicyclic) bond motifs is 1. The smallest absolute Gasteiger partial charge is 0.191 e. The second-order valence-electron chi connectivity index (χ2n) is 4.44. The summed E-state index contributed by atoms with van der Waals surface area (Å²) in [6.45, 7) is 1.89. The van der Waals surface area contributed by atoms with Gasteiger partial charge >= 0.3 is 0 Å². The van der Waals surface area contributed by atoms with Crippen molar-refractivity contribution in [2.45, 2.75) is 19.4 Å². The Labute approximate surface area is 131 Å². The molecule has 118 valence electrons. The largest absolute Gasteiger partial charge is 0.484 e. The molecule has 2 heterocycles. The molecule has 0 aliphatic carbocycles. The molecular formula is C15H16ClFN2O3. The number of rotatable bonds is 4. The Kier molecular flexibility index (Phi) is 5.41. The van der Waals surface area contributed by atoms with Crippen molar-refractivity contribution in [1.29, 1.82) is 0 Å². The fourth-order valence-corrected chi connectivity index (χ4v) is 2.15. The molecule has 3 rings (SSSR count). The Balaban J connectivity index is 0.000000847. The molecule has 3 aromatic rings. The first-order valence-corrected chi connectivity index (χ1v) is 7.05. The van der Waals surface area contributed by atoms with Crippen LogP contribution in [0.15, 0.2) is 28.9 Å². The maximum absolute atomic E-state index is 13.9. The Bertz CT molecular complexity index is 754. The quantitative estimate of drug-likeness (QED) is 0.719. The minimum Gasteiger partial charge on any atom is -0.484 e. The number of aliphatic hydroxyl groups is 1. The molecule has 0 aliphatic heterocycles. The molecule has 0 saturated carbocycles. The van der Waals surface area contributed by atoms with E-state index >= 15 is 0 Å². The van der Waals surface area contributed by atoms with Crippen molar-refractivity contribution >= 4 is 22.5 Å². The summed E-state index contributed by atoms with van der Waals surface area (Å²) in [6.07, 6.45) is 1.49. The van der Waals surface area contributed by atoms with Crippen LogP contribution in [-0.4, -0.2) is 22.2 Å². The van der Waals surface area contributed by atoms with Gasteiger partial charge in [-0.05, 0) is 12.1 Å². The third-order valence-electron chi connectivity index (χ3n) is 2.92. The molecule has 22 heavy (non-hydrogen) atoms. The van der Waals surface area contributed by atoms with Gasteiger partial charge in [-0.2, -0.15) is 0 Å². The summed E-state index contributed by atoms with van der Waals surface area (Å²) >= 11 is 5.75. The zero-order valence-electron chi connectivity index (χ0n) is 12.2. The molecular weight excluding hydrogens is 311 g/mol. The van der Waals surface area contributed by atoms with Gasteiger partial charge in [0.2, 0.25) is 0 Å². The standard InChI is InChI=1S/C14H12ClFN2O2.CH4O/c1-8-17-11(6-19-8)7-20-14-4-13-9(3-12(14)16)2-10(5-15)18-13;1-2/h2-4,6,18H,5,7H2,1H3;2H,1H3. The molecule has 0 amide bonds. The molecule has 0 aliphatic rings. The first-order chi connectivity index (χ1) is 10.7. The highest BCUT2D eigenvalue weighted by Gasteiger charge is 2.10. The van der Waals surface area contributed by atoms with Gasteiger partial charge in [0, 0.05) is 36.7 Å². The van der Waals surface area contributed by atoms with Gasteiger partial charge in [-0.25, -0.2) is 9.37 Å². The van der Waals surface area contributed by atoms with Crippen LogP contribution in [0.1, 0.15) is 17.3 Å². The number of aromatic nitrogens is 2. The summed E-state index contributed by atoms with van der Waals surface area (Å²) in [5.41, 5.74) is 2.24. The number of halogens is 2. The predicted molar refractivity (Wildman–Crippen MR) is 81.5 cm³/mol. The van der Waals surface area contributed by atoms with Crippen LogP contribution in [0, 0.1) is 12.7 Å². The highest BCUT2D eigenvalue weighted by molar-refractivity contribution is 6.17. The molecule has 0 unspecified atom stereocenters. The van der Waals surface area contributed by atoms with E-state index in [0.717, 1.165) is 23.7 Å². The van der Waals surface area contributed by atoms with E-state index in [-0.39, 0.29) is 12.4 Å². The molecule has 1 aromatic carbocycles. The molecule has 5 nitrogen and oxygen atoms in total. The number of aromatic amines is 1. The number of alkyl halides is 1. The molecule has 7 heteroatoms. The van der Waals surface area contributed by atoms with Crippen LogP contribution in [0.3, 0.4) is 0 Å². The summed E-state index contributed by atoms with van der Waals surface area (Å²) in [5, 5.41) is 7.77. The summed E-state index contributed by atoms with van der Waals surface area (Å²) < 4.78 is 24.4. The topological polar surface area (TPSA) is 71.3 Å². The van der Waals surface area contributed by atoms with Crippen molar-refractivity contribution in [3.63, 3.8) is 0 Å². The number of hydrogen-bond donors (Lipinski definition) is 2. The Hall–Kier alpha value is -2.05. The Morgan fingerprint density at radius 2 is 2.14 bits per heavy atom. The van der Waals surface area contributed by atoms with E-state index in [2.05, 4.69) is 9.97 Å². The fourth-order valence-electron chi connectivity index (χ4n) is 2.00. The van der Waals surface area contributed by atoms with Gasteiger partial charge in [-0.1, -0.05) is 0 Å². The van der Waals surface area contributed by atoms with Crippen molar-refractivity contribution in [1.82, 2.24) is 9.97 Å². The minimum absolute atomic E-state index is 0.156. The average Bonchev–Trinajstić information content (AvgIpc) is 3.12. The minimum atomic E-state index is -0.419. The number of nitrogens with one attached hydrogen (secondary N) is 1. The van der Waals surface area contributed by atoms with E-state index in [1.807, 2.05) is 6.07 Å². The molecule has 0 spiro atoms. The van der Waals surface area contributed by atoms with Crippen molar-refractivity contribution in [2.24, 2.45) is 0 Å². The first-order valence-electron chi connectivity index (χ1n) is 6.51. The average molecular weight is 327 g/mol. The SMILES string of the molecule is CO.Cc1nc(COc2cc3[nH]c(CCl)cc3cc2F)co1. The van der Waals surface area contributed by atoms with Crippen LogP contribution in [0.5, 0.6) is 5.75 Å². The lowest BCUT2D eigenvalue weighted by molar-refractivity contribution is 0.286. The van der Waals surface area contributed by atoms with E-state index in [1.165, 1.54) is 12.3 Å². The number of H-pyrrole nitrogens is 1. The van der Waals surface area contributed by atoms with Crippen molar-refractivity contribution in [3.8, 4) is 5.75 Å². The molecule has 2 aromatic heterocycles. The number of oxazole rings is 1. The van der Waals surface area contributed by atoms with Gasteiger partial charge in [-0.3, -0.25) is 0 Å². The highest BCUT2D eigenvalue weighted by atomic mass is 35.5. The van der Waals surface area contributed by atoms with Crippen LogP contribution in [-0.2, 0) is 12.5 Å². The van der Waals surface area contributed by atoms with E-state index in [9.17, 15) is 4.39 Å². The summed E-state index contributed by atoms with van der Waals surface area (Å²) in [7, 11) is 1.00. The van der Waals surface area contributed by atoms with E-state index < -0.39 is 5.82 Å². The fraction of sp³-hybridized carbons (Fsp3) is 0.267. The third kappa shape index (κ3) is 3.58. The Morgan fingerprint density at radius 3 is 2.77 bits per heavy atom. The molecule has 2 N–H and O–H groups in total. The van der Waals surface area contributed by atoms with E-state index in [4.69, 9.17) is 25.9 Å². The van der Waals surface area contributed by atoms with Gasteiger partial charge < -0.3 is 19.2 Å². The molecule has 0 fully saturated rings. The molecule has 0 saturated heterocycles. The zero-order chi connectivity index (χ0) is 16.1. The maximum atomic E-state index is 13.9. The number of aliphatic hydroxyl groups excluding tert-OH is 1. The van der Waals surface area contributed by atoms with E-state index in [1.54, 1.807) is 13.0 Å². The number of ether oxygens (including phenoxy) is 1. The van der Waals surface area contributed by atoms with Crippen LogP contribution in [0.25, 0.3) is 10.9 Å². The van der Waals surface area contributed by atoms with Gasteiger partial charge in [0.15, 0.2) is 17.5 Å². The van der Waals surface area contributed by atoms with Crippen LogP contribution in [0.4, 0.5) is 4.39 Å². The lowest BCUT2D eigenvalue weighted by Gasteiger charge is -2.05. The number of hydrogen-bond acceptors (Lipinski definition) is 4. The zero-order valence-corrected chi connectivity index (χ0v) is 12.9. The predicted octanol–water partition coefficient (Wildman–Crippen LogP) is 3.53. The first kappa shape index (κ1) is 16.3. The third-order valence-corrected chi connectivity index (χ3v) is 3.20. The van der Waals surface area contributed by atoms with Crippen molar-refractivity contribution in [3.05, 3.63) is 47.6 Å². The van der Waals surface area contributed by atoms with Gasteiger partial charge in [0.1, 0.15) is 18.6 Å². The highest BCUT2D eigenvalue weighted by Crippen LogP contribution is 2.26. The van der Waals surface area contributed by atoms with Gasteiger partial charge in [0.05, 0.1) is 5.88 Å². The monoisotopic (exact) mass is 326 g/mol. The normalized spacial score (nSPS) is 10.4. The lowest BCUT2D eigenvalue weighted by atomic mass is 10.2. The van der Waals surface area contributed by atoms with Crippen molar-refractivity contribution < 1.29 is 18.7 Å². The van der Waals surface area contributed by atoms with E-state index in [0.29, 0.717) is 17.5 Å². The second-order valence-corrected chi connectivity index (χ2v) is 4.71. The second kappa shape index (κ2) is 7.29. The van der Waals surface area contributed by atoms with Gasteiger partial charge in [-0.15, -0.1) is 11.6 Å². The number of nitrogens with zero attached hydrogens (tertiary/aromatic N) is 1. The maximum Gasteiger partial charge on any atom is 0.191 e.